The van der Waals surface area contributed by atoms with E-state index < -0.39 is 0 Å². The standard InChI is InChI=1S/C15H19NO/c17-15-9-13-6-7-16(14(8-13)10-15)11-12-4-2-1-3-5-12/h1-5,13-14H,6-11H2/t13-,14+/m1/s1. The molecule has 0 aromatic heterocycles. The number of fused-ring (bicyclic) bond motifs is 2. The number of ketones is 1. The van der Waals surface area contributed by atoms with Crippen LogP contribution in [0.5, 0.6) is 0 Å². The predicted octanol–water partition coefficient (Wildman–Crippen LogP) is 2.63. The van der Waals surface area contributed by atoms with Crippen molar-refractivity contribution in [1.29, 1.82) is 0 Å². The number of likely N-dealkylation sites (tertiary alicyclic amines) is 1. The smallest absolute Gasteiger partial charge is 0.134 e. The molecule has 2 aliphatic rings. The van der Waals surface area contributed by atoms with E-state index in [4.69, 9.17) is 0 Å². The molecule has 1 heterocycles. The maximum absolute atomic E-state index is 11.6. The van der Waals surface area contributed by atoms with Gasteiger partial charge in [0.25, 0.3) is 0 Å². The lowest BCUT2D eigenvalue weighted by atomic mass is 9.79. The average molecular weight is 229 g/mol. The Bertz CT molecular complexity index is 401. The van der Waals surface area contributed by atoms with Gasteiger partial charge in [-0.3, -0.25) is 9.69 Å². The van der Waals surface area contributed by atoms with Crippen LogP contribution in [0.4, 0.5) is 0 Å². The summed E-state index contributed by atoms with van der Waals surface area (Å²) in [6.45, 7) is 2.17. The van der Waals surface area contributed by atoms with E-state index >= 15 is 0 Å². The highest BCUT2D eigenvalue weighted by molar-refractivity contribution is 5.80. The van der Waals surface area contributed by atoms with Gasteiger partial charge in [-0.15, -0.1) is 0 Å². The van der Waals surface area contributed by atoms with E-state index in [9.17, 15) is 4.79 Å². The Labute approximate surface area is 103 Å². The number of carbonyl (C=O) groups is 1. The quantitative estimate of drug-likeness (QED) is 0.777. The van der Waals surface area contributed by atoms with Gasteiger partial charge in [0.2, 0.25) is 0 Å². The number of rotatable bonds is 2. The maximum atomic E-state index is 11.6. The van der Waals surface area contributed by atoms with Crippen LogP contribution in [-0.2, 0) is 11.3 Å². The van der Waals surface area contributed by atoms with E-state index in [1.807, 2.05) is 0 Å². The van der Waals surface area contributed by atoms with Crippen LogP contribution in [0.1, 0.15) is 31.2 Å². The van der Waals surface area contributed by atoms with Crippen molar-refractivity contribution in [2.75, 3.05) is 6.54 Å². The predicted molar refractivity (Wildman–Crippen MR) is 67.6 cm³/mol. The Kier molecular flexibility index (Phi) is 2.98. The zero-order valence-electron chi connectivity index (χ0n) is 10.1. The van der Waals surface area contributed by atoms with Crippen LogP contribution in [0.2, 0.25) is 0 Å². The number of piperidine rings is 1. The minimum Gasteiger partial charge on any atom is -0.300 e. The lowest BCUT2D eigenvalue weighted by Crippen LogP contribution is -2.46. The fraction of sp³-hybridized carbons (Fsp3) is 0.533. The third kappa shape index (κ3) is 2.42. The molecule has 1 saturated heterocycles. The molecule has 2 fully saturated rings. The molecule has 3 rings (SSSR count). The van der Waals surface area contributed by atoms with Crippen LogP contribution in [0, 0.1) is 5.92 Å². The first-order chi connectivity index (χ1) is 8.31. The van der Waals surface area contributed by atoms with E-state index in [2.05, 4.69) is 35.2 Å². The average Bonchev–Trinajstić information content (AvgIpc) is 2.34. The SMILES string of the molecule is O=C1C[C@@H]2CCN(Cc3ccccc3)[C@H](C1)C2. The van der Waals surface area contributed by atoms with Gasteiger partial charge in [-0.2, -0.15) is 0 Å². The largest absolute Gasteiger partial charge is 0.300 e. The zero-order chi connectivity index (χ0) is 11.7. The molecule has 1 saturated carbocycles. The molecule has 0 amide bonds. The number of benzene rings is 1. The molecule has 2 atom stereocenters. The minimum absolute atomic E-state index is 0.476. The fourth-order valence-electron chi connectivity index (χ4n) is 3.27. The molecule has 1 aromatic carbocycles. The first-order valence-electron chi connectivity index (χ1n) is 6.61. The van der Waals surface area contributed by atoms with E-state index in [1.54, 1.807) is 0 Å². The first-order valence-corrected chi connectivity index (χ1v) is 6.61. The van der Waals surface area contributed by atoms with Crippen molar-refractivity contribution in [3.8, 4) is 0 Å². The van der Waals surface area contributed by atoms with Crippen molar-refractivity contribution in [1.82, 2.24) is 4.90 Å². The highest BCUT2D eigenvalue weighted by Gasteiger charge is 2.34. The number of hydrogen-bond acceptors (Lipinski definition) is 2. The molecule has 2 nitrogen and oxygen atoms in total. The van der Waals surface area contributed by atoms with Crippen molar-refractivity contribution in [2.45, 2.75) is 38.3 Å². The molecule has 2 bridgehead atoms. The van der Waals surface area contributed by atoms with E-state index in [0.29, 0.717) is 17.7 Å². The van der Waals surface area contributed by atoms with Crippen molar-refractivity contribution >= 4 is 5.78 Å². The molecule has 1 aliphatic carbocycles. The second kappa shape index (κ2) is 4.61. The van der Waals surface area contributed by atoms with Gasteiger partial charge >= 0.3 is 0 Å². The van der Waals surface area contributed by atoms with E-state index in [-0.39, 0.29) is 0 Å². The summed E-state index contributed by atoms with van der Waals surface area (Å²) in [5.74, 6) is 1.15. The lowest BCUT2D eigenvalue weighted by Gasteiger charge is -2.42. The molecule has 90 valence electrons. The summed E-state index contributed by atoms with van der Waals surface area (Å²) in [7, 11) is 0. The van der Waals surface area contributed by atoms with Gasteiger partial charge in [0.05, 0.1) is 0 Å². The molecule has 0 radical (unpaired) electrons. The third-order valence-corrected chi connectivity index (χ3v) is 4.15. The monoisotopic (exact) mass is 229 g/mol. The highest BCUT2D eigenvalue weighted by atomic mass is 16.1. The van der Waals surface area contributed by atoms with Crippen LogP contribution in [0.3, 0.4) is 0 Å². The van der Waals surface area contributed by atoms with Gasteiger partial charge in [0, 0.05) is 25.4 Å². The second-order valence-electron chi connectivity index (χ2n) is 5.45. The second-order valence-corrected chi connectivity index (χ2v) is 5.45. The van der Waals surface area contributed by atoms with Crippen LogP contribution < -0.4 is 0 Å². The summed E-state index contributed by atoms with van der Waals surface area (Å²) < 4.78 is 0. The van der Waals surface area contributed by atoms with Crippen LogP contribution in [0.25, 0.3) is 0 Å². The number of Topliss-reactive ketones (excluding diaryl/α,β-unsaturated/α-hetero) is 1. The Balaban J connectivity index is 1.69. The summed E-state index contributed by atoms with van der Waals surface area (Å²) in [6, 6.07) is 11.1. The highest BCUT2D eigenvalue weighted by Crippen LogP contribution is 2.33. The number of carbonyl (C=O) groups excluding carboxylic acids is 1. The van der Waals surface area contributed by atoms with Crippen LogP contribution >= 0.6 is 0 Å². The van der Waals surface area contributed by atoms with Crippen molar-refractivity contribution < 1.29 is 4.79 Å². The van der Waals surface area contributed by atoms with Gasteiger partial charge in [-0.25, -0.2) is 0 Å². The summed E-state index contributed by atoms with van der Waals surface area (Å²) >= 11 is 0. The van der Waals surface area contributed by atoms with Crippen molar-refractivity contribution in [2.24, 2.45) is 5.92 Å². The molecule has 2 heteroatoms. The summed E-state index contributed by atoms with van der Waals surface area (Å²) in [5.41, 5.74) is 1.36. The van der Waals surface area contributed by atoms with Crippen LogP contribution in [0.15, 0.2) is 30.3 Å². The number of nitrogens with zero attached hydrogens (tertiary/aromatic N) is 1. The van der Waals surface area contributed by atoms with E-state index in [1.165, 1.54) is 18.4 Å². The van der Waals surface area contributed by atoms with Crippen molar-refractivity contribution in [3.63, 3.8) is 0 Å². The fourth-order valence-corrected chi connectivity index (χ4v) is 3.27. The van der Waals surface area contributed by atoms with Gasteiger partial charge in [-0.05, 0) is 30.9 Å². The van der Waals surface area contributed by atoms with Gasteiger partial charge < -0.3 is 0 Å². The Morgan fingerprint density at radius 3 is 2.82 bits per heavy atom. The molecular weight excluding hydrogens is 210 g/mol. The first kappa shape index (κ1) is 11.0. The number of hydrogen-bond donors (Lipinski definition) is 0. The Hall–Kier alpha value is -1.15. The lowest BCUT2D eigenvalue weighted by molar-refractivity contribution is -0.125. The van der Waals surface area contributed by atoms with Gasteiger partial charge in [0.1, 0.15) is 5.78 Å². The van der Waals surface area contributed by atoms with Crippen LogP contribution in [-0.4, -0.2) is 23.3 Å². The molecule has 1 aliphatic heterocycles. The minimum atomic E-state index is 0.476. The summed E-state index contributed by atoms with van der Waals surface area (Å²) in [5, 5.41) is 0. The molecule has 0 spiro atoms. The Morgan fingerprint density at radius 1 is 1.18 bits per heavy atom. The third-order valence-electron chi connectivity index (χ3n) is 4.15. The topological polar surface area (TPSA) is 20.3 Å². The summed E-state index contributed by atoms with van der Waals surface area (Å²) in [6.07, 6.45) is 4.06. The molecule has 17 heavy (non-hydrogen) atoms. The molecule has 1 aromatic rings. The zero-order valence-corrected chi connectivity index (χ0v) is 10.1. The van der Waals surface area contributed by atoms with Crippen molar-refractivity contribution in [3.05, 3.63) is 35.9 Å². The maximum Gasteiger partial charge on any atom is 0.134 e. The van der Waals surface area contributed by atoms with E-state index in [0.717, 1.165) is 25.9 Å². The summed E-state index contributed by atoms with van der Waals surface area (Å²) in [4.78, 5) is 14.2. The molecule has 0 N–H and O–H groups in total. The normalized spacial score (nSPS) is 29.3. The van der Waals surface area contributed by atoms with Gasteiger partial charge in [0.15, 0.2) is 0 Å². The van der Waals surface area contributed by atoms with Gasteiger partial charge in [-0.1, -0.05) is 30.3 Å². The Morgan fingerprint density at radius 2 is 2.00 bits per heavy atom. The molecule has 0 unspecified atom stereocenters. The molecular formula is C15H19NO.